The smallest absolute Gasteiger partial charge is 0.227 e. The zero-order chi connectivity index (χ0) is 14.7. The molecule has 3 rings (SSSR count). The van der Waals surface area contributed by atoms with Crippen molar-refractivity contribution < 1.29 is 9.90 Å². The standard InChI is InChI=1S/C17H18N2O2/c20-15-7-1-5-14-6-3-11-19(17(14)15)16(21)9-8-13-4-2-10-18-12-13/h1-2,4-5,7,10,12,20H,3,6,8-9,11H2. The lowest BCUT2D eigenvalue weighted by Gasteiger charge is -2.30. The molecule has 0 saturated heterocycles. The molecule has 0 atom stereocenters. The lowest BCUT2D eigenvalue weighted by molar-refractivity contribution is -0.118. The fourth-order valence-corrected chi connectivity index (χ4v) is 2.81. The van der Waals surface area contributed by atoms with Gasteiger partial charge in [0.1, 0.15) is 5.75 Å². The zero-order valence-electron chi connectivity index (χ0n) is 11.8. The highest BCUT2D eigenvalue weighted by molar-refractivity contribution is 5.96. The van der Waals surface area contributed by atoms with E-state index in [2.05, 4.69) is 4.98 Å². The number of rotatable bonds is 3. The molecule has 1 aliphatic heterocycles. The van der Waals surface area contributed by atoms with E-state index >= 15 is 0 Å². The van der Waals surface area contributed by atoms with Crippen LogP contribution in [0.1, 0.15) is 24.0 Å². The number of hydrogen-bond acceptors (Lipinski definition) is 3. The Morgan fingerprint density at radius 1 is 1.29 bits per heavy atom. The van der Waals surface area contributed by atoms with Crippen molar-refractivity contribution in [1.82, 2.24) is 4.98 Å². The fourth-order valence-electron chi connectivity index (χ4n) is 2.81. The average molecular weight is 282 g/mol. The average Bonchev–Trinajstić information content (AvgIpc) is 2.53. The van der Waals surface area contributed by atoms with E-state index in [4.69, 9.17) is 0 Å². The third-order valence-corrected chi connectivity index (χ3v) is 3.85. The van der Waals surface area contributed by atoms with Crippen molar-refractivity contribution in [3.8, 4) is 5.75 Å². The van der Waals surface area contributed by atoms with Gasteiger partial charge in [-0.05, 0) is 42.5 Å². The van der Waals surface area contributed by atoms with E-state index in [-0.39, 0.29) is 11.7 Å². The Hall–Kier alpha value is -2.36. The van der Waals surface area contributed by atoms with Crippen molar-refractivity contribution in [3.05, 3.63) is 53.9 Å². The third kappa shape index (κ3) is 2.89. The first-order chi connectivity index (χ1) is 10.3. The first-order valence-corrected chi connectivity index (χ1v) is 7.26. The van der Waals surface area contributed by atoms with Gasteiger partial charge in [0.05, 0.1) is 5.69 Å². The molecule has 0 aliphatic carbocycles. The fraction of sp³-hybridized carbons (Fsp3) is 0.294. The first-order valence-electron chi connectivity index (χ1n) is 7.26. The van der Waals surface area contributed by atoms with Crippen LogP contribution in [-0.4, -0.2) is 22.5 Å². The van der Waals surface area contributed by atoms with Crippen LogP contribution in [0.15, 0.2) is 42.7 Å². The van der Waals surface area contributed by atoms with Crippen LogP contribution >= 0.6 is 0 Å². The number of pyridine rings is 1. The summed E-state index contributed by atoms with van der Waals surface area (Å²) in [5, 5.41) is 10.1. The van der Waals surface area contributed by atoms with Gasteiger partial charge in [-0.3, -0.25) is 9.78 Å². The van der Waals surface area contributed by atoms with Crippen LogP contribution in [0.25, 0.3) is 0 Å². The molecule has 0 saturated carbocycles. The monoisotopic (exact) mass is 282 g/mol. The van der Waals surface area contributed by atoms with E-state index in [1.54, 1.807) is 23.4 Å². The minimum atomic E-state index is 0.0568. The molecule has 1 amide bonds. The van der Waals surface area contributed by atoms with Crippen LogP contribution in [-0.2, 0) is 17.6 Å². The molecule has 0 spiro atoms. The Kier molecular flexibility index (Phi) is 3.86. The molecule has 0 radical (unpaired) electrons. The Labute approximate surface area is 124 Å². The molecule has 1 N–H and O–H groups in total. The molecule has 0 fully saturated rings. The Morgan fingerprint density at radius 3 is 3.00 bits per heavy atom. The molecule has 4 heteroatoms. The van der Waals surface area contributed by atoms with E-state index in [1.807, 2.05) is 24.3 Å². The number of fused-ring (bicyclic) bond motifs is 1. The van der Waals surface area contributed by atoms with Gasteiger partial charge in [-0.1, -0.05) is 18.2 Å². The van der Waals surface area contributed by atoms with Gasteiger partial charge in [0, 0.05) is 25.4 Å². The summed E-state index contributed by atoms with van der Waals surface area (Å²) in [6.07, 6.45) is 6.47. The van der Waals surface area contributed by atoms with E-state index in [0.29, 0.717) is 25.1 Å². The molecule has 4 nitrogen and oxygen atoms in total. The first kappa shape index (κ1) is 13.6. The number of anilines is 1. The number of amides is 1. The maximum Gasteiger partial charge on any atom is 0.227 e. The van der Waals surface area contributed by atoms with Gasteiger partial charge in [0.15, 0.2) is 0 Å². The molecule has 108 valence electrons. The summed E-state index contributed by atoms with van der Waals surface area (Å²) in [7, 11) is 0. The molecule has 1 aromatic heterocycles. The van der Waals surface area contributed by atoms with Crippen molar-refractivity contribution in [3.63, 3.8) is 0 Å². The maximum atomic E-state index is 12.5. The molecule has 1 aliphatic rings. The molecule has 0 bridgehead atoms. The lowest BCUT2D eigenvalue weighted by atomic mass is 10.00. The van der Waals surface area contributed by atoms with Crippen LogP contribution in [0.3, 0.4) is 0 Å². The van der Waals surface area contributed by atoms with Gasteiger partial charge in [-0.2, -0.15) is 0 Å². The van der Waals surface area contributed by atoms with Crippen LogP contribution in [0.4, 0.5) is 5.69 Å². The molecular weight excluding hydrogens is 264 g/mol. The second-order valence-electron chi connectivity index (χ2n) is 5.30. The number of nitrogens with zero attached hydrogens (tertiary/aromatic N) is 2. The highest BCUT2D eigenvalue weighted by Gasteiger charge is 2.24. The predicted molar refractivity (Wildman–Crippen MR) is 81.3 cm³/mol. The van der Waals surface area contributed by atoms with Crippen LogP contribution < -0.4 is 4.90 Å². The quantitative estimate of drug-likeness (QED) is 0.941. The number of aromatic nitrogens is 1. The highest BCUT2D eigenvalue weighted by Crippen LogP contribution is 2.35. The van der Waals surface area contributed by atoms with Crippen molar-refractivity contribution in [1.29, 1.82) is 0 Å². The zero-order valence-corrected chi connectivity index (χ0v) is 11.8. The van der Waals surface area contributed by atoms with Gasteiger partial charge in [-0.25, -0.2) is 0 Å². The molecule has 0 unspecified atom stereocenters. The minimum Gasteiger partial charge on any atom is -0.506 e. The number of hydrogen-bond donors (Lipinski definition) is 1. The molecule has 2 heterocycles. The van der Waals surface area contributed by atoms with E-state index in [9.17, 15) is 9.90 Å². The summed E-state index contributed by atoms with van der Waals surface area (Å²) in [6.45, 7) is 0.677. The Balaban J connectivity index is 1.75. The van der Waals surface area contributed by atoms with E-state index < -0.39 is 0 Å². The summed E-state index contributed by atoms with van der Waals surface area (Å²) in [5.41, 5.74) is 2.80. The van der Waals surface area contributed by atoms with Crippen LogP contribution in [0.2, 0.25) is 0 Å². The van der Waals surface area contributed by atoms with Gasteiger partial charge in [-0.15, -0.1) is 0 Å². The van der Waals surface area contributed by atoms with Crippen molar-refractivity contribution in [2.75, 3.05) is 11.4 Å². The molecule has 1 aromatic carbocycles. The topological polar surface area (TPSA) is 53.4 Å². The van der Waals surface area contributed by atoms with E-state index in [1.165, 1.54) is 0 Å². The van der Waals surface area contributed by atoms with Gasteiger partial charge in [0.2, 0.25) is 5.91 Å². The normalized spacial score (nSPS) is 13.8. The van der Waals surface area contributed by atoms with Crippen molar-refractivity contribution in [2.24, 2.45) is 0 Å². The summed E-state index contributed by atoms with van der Waals surface area (Å²) in [4.78, 5) is 18.3. The number of carbonyl (C=O) groups is 1. The lowest BCUT2D eigenvalue weighted by Crippen LogP contribution is -2.35. The predicted octanol–water partition coefficient (Wildman–Crippen LogP) is 2.70. The van der Waals surface area contributed by atoms with Crippen molar-refractivity contribution in [2.45, 2.75) is 25.7 Å². The third-order valence-electron chi connectivity index (χ3n) is 3.85. The number of phenols is 1. The highest BCUT2D eigenvalue weighted by atomic mass is 16.3. The SMILES string of the molecule is O=C(CCc1cccnc1)N1CCCc2cccc(O)c21. The minimum absolute atomic E-state index is 0.0568. The Bertz CT molecular complexity index is 640. The second-order valence-corrected chi connectivity index (χ2v) is 5.30. The maximum absolute atomic E-state index is 12.5. The summed E-state index contributed by atoms with van der Waals surface area (Å²) in [5.74, 6) is 0.253. The number of aromatic hydroxyl groups is 1. The number of benzene rings is 1. The largest absolute Gasteiger partial charge is 0.506 e. The van der Waals surface area contributed by atoms with Gasteiger partial charge in [0.25, 0.3) is 0 Å². The van der Waals surface area contributed by atoms with Crippen molar-refractivity contribution >= 4 is 11.6 Å². The van der Waals surface area contributed by atoms with Crippen LogP contribution in [0.5, 0.6) is 5.75 Å². The number of aryl methyl sites for hydroxylation is 2. The second kappa shape index (κ2) is 5.95. The molecule has 21 heavy (non-hydrogen) atoms. The number of carbonyl (C=O) groups excluding carboxylic acids is 1. The van der Waals surface area contributed by atoms with E-state index in [0.717, 1.165) is 24.0 Å². The molecular formula is C17H18N2O2. The summed E-state index contributed by atoms with van der Waals surface area (Å²) >= 11 is 0. The molecule has 2 aromatic rings. The van der Waals surface area contributed by atoms with Gasteiger partial charge < -0.3 is 10.0 Å². The van der Waals surface area contributed by atoms with Gasteiger partial charge >= 0.3 is 0 Å². The number of phenolic OH excluding ortho intramolecular Hbond substituents is 1. The summed E-state index contributed by atoms with van der Waals surface area (Å²) in [6, 6.07) is 9.31. The van der Waals surface area contributed by atoms with Crippen LogP contribution in [0, 0.1) is 0 Å². The Morgan fingerprint density at radius 2 is 2.19 bits per heavy atom. The summed E-state index contributed by atoms with van der Waals surface area (Å²) < 4.78 is 0. The number of para-hydroxylation sites is 1.